The molecule has 0 saturated heterocycles. The molecule has 2 rings (SSSR count). The van der Waals surface area contributed by atoms with Crippen molar-refractivity contribution in [3.63, 3.8) is 0 Å². The van der Waals surface area contributed by atoms with E-state index >= 15 is 0 Å². The molecule has 0 aliphatic carbocycles. The van der Waals surface area contributed by atoms with Crippen molar-refractivity contribution in [3.8, 4) is 11.8 Å². The number of carbonyl (C=O) groups is 1. The molecule has 128 valence electrons. The van der Waals surface area contributed by atoms with Crippen LogP contribution in [0.25, 0.3) is 6.08 Å². The second-order valence-corrected chi connectivity index (χ2v) is 5.35. The average Bonchev–Trinajstić information content (AvgIpc) is 2.56. The van der Waals surface area contributed by atoms with Gasteiger partial charge >= 0.3 is 6.18 Å². The van der Waals surface area contributed by atoms with E-state index in [1.807, 2.05) is 31.2 Å². The van der Waals surface area contributed by atoms with Crippen molar-refractivity contribution in [1.29, 1.82) is 0 Å². The van der Waals surface area contributed by atoms with E-state index in [-0.39, 0.29) is 18.0 Å². The Labute approximate surface area is 144 Å². The predicted octanol–water partition coefficient (Wildman–Crippen LogP) is 4.19. The van der Waals surface area contributed by atoms with E-state index in [9.17, 15) is 18.0 Å². The molecule has 1 N–H and O–H groups in total. The summed E-state index contributed by atoms with van der Waals surface area (Å²) in [7, 11) is 0. The van der Waals surface area contributed by atoms with Crippen LogP contribution in [0.1, 0.15) is 22.3 Å². The largest absolute Gasteiger partial charge is 0.416 e. The van der Waals surface area contributed by atoms with E-state index in [4.69, 9.17) is 0 Å². The van der Waals surface area contributed by atoms with Gasteiger partial charge in [-0.1, -0.05) is 47.7 Å². The smallest absolute Gasteiger partial charge is 0.342 e. The maximum absolute atomic E-state index is 12.6. The third kappa shape index (κ3) is 6.19. The lowest BCUT2D eigenvalue weighted by Crippen LogP contribution is -2.20. The molecule has 0 heterocycles. The number of alkyl halides is 3. The third-order valence-corrected chi connectivity index (χ3v) is 3.24. The highest BCUT2D eigenvalue weighted by Crippen LogP contribution is 2.29. The molecule has 0 bridgehead atoms. The number of rotatable bonds is 3. The number of carbonyl (C=O) groups excluding carboxylic acids is 1. The summed E-state index contributed by atoms with van der Waals surface area (Å²) in [6, 6.07) is 12.4. The second-order valence-electron chi connectivity index (χ2n) is 5.35. The fourth-order valence-corrected chi connectivity index (χ4v) is 2.06. The summed E-state index contributed by atoms with van der Waals surface area (Å²) in [6.07, 6.45) is -1.32. The SMILES string of the molecule is Cc1cccc(/C=C/C(=O)NCC#Cc2cccc(C(F)(F)F)c2)c1. The number of halogens is 3. The second kappa shape index (κ2) is 8.20. The van der Waals surface area contributed by atoms with Crippen molar-refractivity contribution < 1.29 is 18.0 Å². The predicted molar refractivity (Wildman–Crippen MR) is 91.5 cm³/mol. The summed E-state index contributed by atoms with van der Waals surface area (Å²) >= 11 is 0. The zero-order valence-electron chi connectivity index (χ0n) is 13.5. The molecule has 0 aliphatic rings. The van der Waals surface area contributed by atoms with Crippen LogP contribution in [-0.4, -0.2) is 12.5 Å². The molecule has 0 aromatic heterocycles. The summed E-state index contributed by atoms with van der Waals surface area (Å²) in [5.41, 5.74) is 1.50. The van der Waals surface area contributed by atoms with E-state index in [1.54, 1.807) is 6.08 Å². The van der Waals surface area contributed by atoms with Gasteiger partial charge in [-0.2, -0.15) is 13.2 Å². The molecule has 1 amide bonds. The number of aryl methyl sites for hydroxylation is 1. The van der Waals surface area contributed by atoms with Gasteiger partial charge < -0.3 is 5.32 Å². The van der Waals surface area contributed by atoms with Crippen molar-refractivity contribution in [3.05, 3.63) is 76.9 Å². The first-order valence-electron chi connectivity index (χ1n) is 7.53. The topological polar surface area (TPSA) is 29.1 Å². The molecule has 2 aromatic rings. The van der Waals surface area contributed by atoms with Crippen molar-refractivity contribution in [1.82, 2.24) is 5.32 Å². The van der Waals surface area contributed by atoms with Gasteiger partial charge in [-0.15, -0.1) is 0 Å². The van der Waals surface area contributed by atoms with Crippen molar-refractivity contribution >= 4 is 12.0 Å². The molecule has 0 atom stereocenters. The van der Waals surface area contributed by atoms with Crippen LogP contribution < -0.4 is 5.32 Å². The average molecular weight is 343 g/mol. The van der Waals surface area contributed by atoms with Crippen LogP contribution in [0.5, 0.6) is 0 Å². The van der Waals surface area contributed by atoms with Crippen LogP contribution >= 0.6 is 0 Å². The zero-order valence-corrected chi connectivity index (χ0v) is 13.5. The minimum Gasteiger partial charge on any atom is -0.342 e. The van der Waals surface area contributed by atoms with Gasteiger partial charge in [0, 0.05) is 11.6 Å². The summed E-state index contributed by atoms with van der Waals surface area (Å²) in [6.45, 7) is 2.01. The highest BCUT2D eigenvalue weighted by Gasteiger charge is 2.30. The monoisotopic (exact) mass is 343 g/mol. The van der Waals surface area contributed by atoms with Crippen molar-refractivity contribution in [2.45, 2.75) is 13.1 Å². The Hall–Kier alpha value is -3.00. The van der Waals surface area contributed by atoms with Crippen LogP contribution in [0.15, 0.2) is 54.6 Å². The van der Waals surface area contributed by atoms with E-state index in [1.165, 1.54) is 18.2 Å². The summed E-state index contributed by atoms with van der Waals surface area (Å²) in [4.78, 5) is 11.7. The minimum atomic E-state index is -4.40. The summed E-state index contributed by atoms with van der Waals surface area (Å²) < 4.78 is 37.8. The first-order chi connectivity index (χ1) is 11.8. The summed E-state index contributed by atoms with van der Waals surface area (Å²) in [5.74, 6) is 4.92. The molecular formula is C20H16F3NO. The Kier molecular flexibility index (Phi) is 6.02. The molecule has 2 aromatic carbocycles. The van der Waals surface area contributed by atoms with Gasteiger partial charge in [0.2, 0.25) is 5.91 Å². The van der Waals surface area contributed by atoms with Crippen LogP contribution in [-0.2, 0) is 11.0 Å². The van der Waals surface area contributed by atoms with Gasteiger partial charge in [-0.25, -0.2) is 0 Å². The molecule has 0 saturated carbocycles. The lowest BCUT2D eigenvalue weighted by molar-refractivity contribution is -0.137. The molecule has 5 heteroatoms. The Balaban J connectivity index is 1.89. The quantitative estimate of drug-likeness (QED) is 0.657. The molecular weight excluding hydrogens is 327 g/mol. The Morgan fingerprint density at radius 1 is 1.16 bits per heavy atom. The first kappa shape index (κ1) is 18.3. The Morgan fingerprint density at radius 2 is 1.92 bits per heavy atom. The number of hydrogen-bond donors (Lipinski definition) is 1. The number of hydrogen-bond acceptors (Lipinski definition) is 1. The van der Waals surface area contributed by atoms with Crippen LogP contribution in [0.2, 0.25) is 0 Å². The number of nitrogens with one attached hydrogen (secondary N) is 1. The Morgan fingerprint density at radius 3 is 2.64 bits per heavy atom. The molecule has 0 spiro atoms. The van der Waals surface area contributed by atoms with E-state index in [0.29, 0.717) is 0 Å². The number of amides is 1. The minimum absolute atomic E-state index is 0.0488. The fraction of sp³-hybridized carbons (Fsp3) is 0.150. The van der Waals surface area contributed by atoms with Gasteiger partial charge in [0.15, 0.2) is 0 Å². The van der Waals surface area contributed by atoms with E-state index in [0.717, 1.165) is 23.3 Å². The van der Waals surface area contributed by atoms with Gasteiger partial charge in [0.05, 0.1) is 12.1 Å². The van der Waals surface area contributed by atoms with Crippen molar-refractivity contribution in [2.24, 2.45) is 0 Å². The molecule has 0 aliphatic heterocycles. The number of benzene rings is 2. The molecule has 0 fully saturated rings. The molecule has 2 nitrogen and oxygen atoms in total. The molecule has 0 radical (unpaired) electrons. The fourth-order valence-electron chi connectivity index (χ4n) is 2.06. The first-order valence-corrected chi connectivity index (χ1v) is 7.53. The normalized spacial score (nSPS) is 11.0. The summed E-state index contributed by atoms with van der Waals surface area (Å²) in [5, 5.41) is 2.56. The Bertz CT molecular complexity index is 842. The highest BCUT2D eigenvalue weighted by atomic mass is 19.4. The van der Waals surface area contributed by atoms with Gasteiger partial charge in [-0.3, -0.25) is 4.79 Å². The van der Waals surface area contributed by atoms with Crippen LogP contribution in [0, 0.1) is 18.8 Å². The zero-order chi connectivity index (χ0) is 18.3. The van der Waals surface area contributed by atoms with Gasteiger partial charge in [0.25, 0.3) is 0 Å². The third-order valence-electron chi connectivity index (χ3n) is 3.24. The maximum Gasteiger partial charge on any atom is 0.416 e. The lowest BCUT2D eigenvalue weighted by atomic mass is 10.1. The maximum atomic E-state index is 12.6. The van der Waals surface area contributed by atoms with Crippen molar-refractivity contribution in [2.75, 3.05) is 6.54 Å². The molecule has 0 unspecified atom stereocenters. The van der Waals surface area contributed by atoms with Crippen LogP contribution in [0.4, 0.5) is 13.2 Å². The molecule has 25 heavy (non-hydrogen) atoms. The standard InChI is InChI=1S/C20H16F3NO/c1-15-5-2-6-17(13-15)10-11-19(25)24-12-4-8-16-7-3-9-18(14-16)20(21,22)23/h2-3,5-7,9-11,13-14H,12H2,1H3,(H,24,25)/b11-10+. The lowest BCUT2D eigenvalue weighted by Gasteiger charge is -2.05. The van der Waals surface area contributed by atoms with E-state index in [2.05, 4.69) is 17.2 Å². The highest BCUT2D eigenvalue weighted by molar-refractivity contribution is 5.91. The van der Waals surface area contributed by atoms with Gasteiger partial charge in [0.1, 0.15) is 0 Å². The van der Waals surface area contributed by atoms with E-state index < -0.39 is 11.7 Å². The van der Waals surface area contributed by atoms with Crippen LogP contribution in [0.3, 0.4) is 0 Å². The van der Waals surface area contributed by atoms with Gasteiger partial charge in [-0.05, 0) is 36.8 Å².